The summed E-state index contributed by atoms with van der Waals surface area (Å²) in [5.74, 6) is 2.21. The molecule has 0 spiro atoms. The Morgan fingerprint density at radius 2 is 1.84 bits per heavy atom. The number of aromatic nitrogens is 1. The quantitative estimate of drug-likeness (QED) is 0.784. The van der Waals surface area contributed by atoms with Crippen molar-refractivity contribution in [3.8, 4) is 17.4 Å². The number of ether oxygens (including phenoxy) is 2. The summed E-state index contributed by atoms with van der Waals surface area (Å²) >= 11 is 5.98. The Bertz CT molecular complexity index is 584. The zero-order valence-electron chi connectivity index (χ0n) is 11.2. The van der Waals surface area contributed by atoms with Crippen LogP contribution in [0.3, 0.4) is 0 Å². The van der Waals surface area contributed by atoms with Crippen LogP contribution in [0.1, 0.15) is 16.8 Å². The second-order valence-electron chi connectivity index (χ2n) is 4.25. The van der Waals surface area contributed by atoms with Crippen LogP contribution in [0, 0.1) is 13.8 Å². The van der Waals surface area contributed by atoms with Crippen LogP contribution in [0.15, 0.2) is 30.3 Å². The Hall–Kier alpha value is -1.74. The first-order valence-corrected chi connectivity index (χ1v) is 6.53. The summed E-state index contributed by atoms with van der Waals surface area (Å²) in [5.41, 5.74) is 2.88. The van der Waals surface area contributed by atoms with E-state index in [2.05, 4.69) is 4.98 Å². The van der Waals surface area contributed by atoms with Crippen molar-refractivity contribution in [2.24, 2.45) is 0 Å². The molecular weight excluding hydrogens is 262 g/mol. The van der Waals surface area contributed by atoms with E-state index < -0.39 is 0 Å². The van der Waals surface area contributed by atoms with E-state index in [0.717, 1.165) is 16.8 Å². The van der Waals surface area contributed by atoms with Crippen LogP contribution in [0.25, 0.3) is 0 Å². The largest absolute Gasteiger partial charge is 0.493 e. The van der Waals surface area contributed by atoms with Crippen molar-refractivity contribution in [2.75, 3.05) is 7.11 Å². The average molecular weight is 278 g/mol. The minimum absolute atomic E-state index is 0.365. The van der Waals surface area contributed by atoms with E-state index in [-0.39, 0.29) is 0 Å². The number of hydrogen-bond donors (Lipinski definition) is 0. The van der Waals surface area contributed by atoms with E-state index in [0.29, 0.717) is 23.3 Å². The third kappa shape index (κ3) is 2.99. The maximum atomic E-state index is 5.98. The van der Waals surface area contributed by atoms with Crippen LogP contribution in [-0.2, 0) is 5.88 Å². The Labute approximate surface area is 118 Å². The van der Waals surface area contributed by atoms with Crippen molar-refractivity contribution in [1.29, 1.82) is 0 Å². The van der Waals surface area contributed by atoms with Gasteiger partial charge in [0.05, 0.1) is 13.0 Å². The molecule has 0 fully saturated rings. The summed E-state index contributed by atoms with van der Waals surface area (Å²) < 4.78 is 11.1. The second kappa shape index (κ2) is 5.93. The van der Waals surface area contributed by atoms with Gasteiger partial charge in [-0.05, 0) is 37.6 Å². The molecule has 2 aromatic rings. The van der Waals surface area contributed by atoms with Crippen LogP contribution < -0.4 is 9.47 Å². The number of pyridine rings is 1. The van der Waals surface area contributed by atoms with Crippen molar-refractivity contribution in [3.05, 3.63) is 47.2 Å². The molecule has 0 radical (unpaired) electrons. The smallest absolute Gasteiger partial charge is 0.224 e. The third-order valence-electron chi connectivity index (χ3n) is 2.85. The van der Waals surface area contributed by atoms with E-state index in [1.807, 2.05) is 44.2 Å². The second-order valence-corrected chi connectivity index (χ2v) is 4.52. The molecule has 1 aromatic heterocycles. The van der Waals surface area contributed by atoms with E-state index in [1.165, 1.54) is 0 Å². The molecule has 0 N–H and O–H groups in total. The predicted molar refractivity (Wildman–Crippen MR) is 76.3 cm³/mol. The van der Waals surface area contributed by atoms with Crippen molar-refractivity contribution >= 4 is 11.6 Å². The van der Waals surface area contributed by atoms with E-state index in [1.54, 1.807) is 7.11 Å². The first-order chi connectivity index (χ1) is 9.15. The highest BCUT2D eigenvalue weighted by atomic mass is 35.5. The SMILES string of the molecule is COc1ccccc1Oc1nc(C)cc(C)c1CCl. The Morgan fingerprint density at radius 3 is 2.47 bits per heavy atom. The number of benzene rings is 1. The average Bonchev–Trinajstić information content (AvgIpc) is 2.39. The number of rotatable bonds is 4. The van der Waals surface area contributed by atoms with Crippen LogP contribution in [-0.4, -0.2) is 12.1 Å². The summed E-state index contributed by atoms with van der Waals surface area (Å²) in [7, 11) is 1.61. The first-order valence-electron chi connectivity index (χ1n) is 5.99. The highest BCUT2D eigenvalue weighted by Crippen LogP contribution is 2.33. The van der Waals surface area contributed by atoms with Crippen LogP contribution in [0.4, 0.5) is 0 Å². The van der Waals surface area contributed by atoms with Crippen LogP contribution in [0.2, 0.25) is 0 Å². The molecule has 100 valence electrons. The van der Waals surface area contributed by atoms with Gasteiger partial charge in [-0.3, -0.25) is 0 Å². The lowest BCUT2D eigenvalue weighted by molar-refractivity contribution is 0.372. The van der Waals surface area contributed by atoms with Gasteiger partial charge in [0.1, 0.15) is 0 Å². The normalized spacial score (nSPS) is 10.3. The van der Waals surface area contributed by atoms with Gasteiger partial charge in [0.15, 0.2) is 11.5 Å². The highest BCUT2D eigenvalue weighted by molar-refractivity contribution is 6.17. The molecule has 0 atom stereocenters. The van der Waals surface area contributed by atoms with Gasteiger partial charge in [0, 0.05) is 11.3 Å². The molecule has 0 amide bonds. The Morgan fingerprint density at radius 1 is 1.16 bits per heavy atom. The predicted octanol–water partition coefficient (Wildman–Crippen LogP) is 4.24. The van der Waals surface area contributed by atoms with Crippen molar-refractivity contribution in [3.63, 3.8) is 0 Å². The molecule has 0 aliphatic heterocycles. The van der Waals surface area contributed by atoms with Crippen molar-refractivity contribution in [2.45, 2.75) is 19.7 Å². The van der Waals surface area contributed by atoms with Crippen LogP contribution in [0.5, 0.6) is 17.4 Å². The monoisotopic (exact) mass is 277 g/mol. The standard InChI is InChI=1S/C15H16ClNO2/c1-10-8-11(2)17-15(12(10)9-16)19-14-7-5-4-6-13(14)18-3/h4-8H,9H2,1-3H3. The lowest BCUT2D eigenvalue weighted by atomic mass is 10.1. The number of alkyl halides is 1. The highest BCUT2D eigenvalue weighted by Gasteiger charge is 2.12. The molecule has 0 aliphatic carbocycles. The maximum Gasteiger partial charge on any atom is 0.224 e. The molecule has 2 rings (SSSR count). The number of aryl methyl sites for hydroxylation is 2. The number of methoxy groups -OCH3 is 1. The zero-order chi connectivity index (χ0) is 13.8. The van der Waals surface area contributed by atoms with Crippen molar-refractivity contribution < 1.29 is 9.47 Å². The Balaban J connectivity index is 2.43. The fourth-order valence-corrected chi connectivity index (χ4v) is 2.21. The number of para-hydroxylation sites is 2. The molecule has 4 heteroatoms. The lowest BCUT2D eigenvalue weighted by Gasteiger charge is -2.13. The van der Waals surface area contributed by atoms with Gasteiger partial charge < -0.3 is 9.47 Å². The summed E-state index contributed by atoms with van der Waals surface area (Å²) in [5, 5.41) is 0. The van der Waals surface area contributed by atoms with Gasteiger partial charge in [-0.2, -0.15) is 0 Å². The molecule has 0 saturated heterocycles. The fourth-order valence-electron chi connectivity index (χ4n) is 1.88. The summed E-state index contributed by atoms with van der Waals surface area (Å²) in [6, 6.07) is 9.46. The van der Waals surface area contributed by atoms with E-state index in [9.17, 15) is 0 Å². The minimum atomic E-state index is 0.365. The molecule has 3 nitrogen and oxygen atoms in total. The maximum absolute atomic E-state index is 5.98. The minimum Gasteiger partial charge on any atom is -0.493 e. The molecular formula is C15H16ClNO2. The summed E-state index contributed by atoms with van der Waals surface area (Å²) in [6.07, 6.45) is 0. The third-order valence-corrected chi connectivity index (χ3v) is 3.11. The molecule has 0 bridgehead atoms. The summed E-state index contributed by atoms with van der Waals surface area (Å²) in [4.78, 5) is 4.41. The van der Waals surface area contributed by atoms with Gasteiger partial charge >= 0.3 is 0 Å². The molecule has 1 heterocycles. The molecule has 1 aromatic carbocycles. The molecule has 19 heavy (non-hydrogen) atoms. The molecule has 0 unspecified atom stereocenters. The van der Waals surface area contributed by atoms with Gasteiger partial charge in [-0.25, -0.2) is 4.98 Å². The van der Waals surface area contributed by atoms with Gasteiger partial charge in [0.2, 0.25) is 5.88 Å². The van der Waals surface area contributed by atoms with Crippen LogP contribution >= 0.6 is 11.6 Å². The fraction of sp³-hybridized carbons (Fsp3) is 0.267. The van der Waals surface area contributed by atoms with Crippen molar-refractivity contribution in [1.82, 2.24) is 4.98 Å². The number of nitrogens with zero attached hydrogens (tertiary/aromatic N) is 1. The van der Waals surface area contributed by atoms with E-state index in [4.69, 9.17) is 21.1 Å². The topological polar surface area (TPSA) is 31.4 Å². The van der Waals surface area contributed by atoms with Gasteiger partial charge in [0.25, 0.3) is 0 Å². The number of hydrogen-bond acceptors (Lipinski definition) is 3. The van der Waals surface area contributed by atoms with Gasteiger partial charge in [-0.1, -0.05) is 12.1 Å². The van der Waals surface area contributed by atoms with E-state index >= 15 is 0 Å². The first kappa shape index (κ1) is 13.7. The molecule has 0 aliphatic rings. The lowest BCUT2D eigenvalue weighted by Crippen LogP contribution is -1.99. The summed E-state index contributed by atoms with van der Waals surface area (Å²) in [6.45, 7) is 3.93. The number of halogens is 1. The molecule has 0 saturated carbocycles. The Kier molecular flexibility index (Phi) is 4.27. The zero-order valence-corrected chi connectivity index (χ0v) is 12.0. The van der Waals surface area contributed by atoms with Gasteiger partial charge in [-0.15, -0.1) is 11.6 Å².